The number of aryl methyl sites for hydroxylation is 1. The molecule has 0 amide bonds. The quantitative estimate of drug-likeness (QED) is 0.641. The Hall–Kier alpha value is -3.00. The third kappa shape index (κ3) is 4.54. The Morgan fingerprint density at radius 1 is 1.14 bits per heavy atom. The molecule has 2 heterocycles. The second kappa shape index (κ2) is 8.16. The van der Waals surface area contributed by atoms with E-state index in [1.54, 1.807) is 23.0 Å². The fourth-order valence-corrected chi connectivity index (χ4v) is 4.24. The second-order valence-electron chi connectivity index (χ2n) is 6.95. The predicted molar refractivity (Wildman–Crippen MR) is 110 cm³/mol. The molecule has 3 aromatic rings. The molecule has 1 unspecified atom stereocenters. The molecule has 1 aliphatic rings. The van der Waals surface area contributed by atoms with Gasteiger partial charge in [0.05, 0.1) is 23.3 Å². The van der Waals surface area contributed by atoms with Crippen LogP contribution in [-0.2, 0) is 23.0 Å². The van der Waals surface area contributed by atoms with Crippen molar-refractivity contribution in [1.82, 2.24) is 9.78 Å². The summed E-state index contributed by atoms with van der Waals surface area (Å²) >= 11 is 0. The number of nitrogens with zero attached hydrogens (tertiary/aromatic N) is 2. The summed E-state index contributed by atoms with van der Waals surface area (Å²) in [4.78, 5) is 0.228. The van der Waals surface area contributed by atoms with E-state index in [9.17, 15) is 8.42 Å². The highest BCUT2D eigenvalue weighted by Gasteiger charge is 2.22. The summed E-state index contributed by atoms with van der Waals surface area (Å²) < 4.78 is 41.1. The summed E-state index contributed by atoms with van der Waals surface area (Å²) in [5, 5.41) is 4.24. The highest BCUT2D eigenvalue weighted by Crippen LogP contribution is 2.31. The van der Waals surface area contributed by atoms with Gasteiger partial charge in [-0.15, -0.1) is 0 Å². The number of benzene rings is 2. The van der Waals surface area contributed by atoms with Gasteiger partial charge in [-0.1, -0.05) is 37.6 Å². The van der Waals surface area contributed by atoms with E-state index in [0.29, 0.717) is 24.6 Å². The van der Waals surface area contributed by atoms with Gasteiger partial charge in [-0.3, -0.25) is 9.40 Å². The van der Waals surface area contributed by atoms with Gasteiger partial charge in [-0.2, -0.15) is 5.10 Å². The molecule has 0 aliphatic carbocycles. The van der Waals surface area contributed by atoms with Crippen molar-refractivity contribution in [2.45, 2.75) is 37.3 Å². The average molecular weight is 413 g/mol. The number of fused-ring (bicyclic) bond motifs is 1. The van der Waals surface area contributed by atoms with Gasteiger partial charge >= 0.3 is 0 Å². The highest BCUT2D eigenvalue weighted by molar-refractivity contribution is 7.92. The topological polar surface area (TPSA) is 82.5 Å². The Labute approximate surface area is 170 Å². The number of ether oxygens (including phenoxy) is 2. The second-order valence-corrected chi connectivity index (χ2v) is 8.63. The number of aromatic nitrogens is 2. The zero-order valence-electron chi connectivity index (χ0n) is 16.1. The van der Waals surface area contributed by atoms with Crippen LogP contribution in [0.2, 0.25) is 0 Å². The fraction of sp³-hybridized carbons (Fsp3) is 0.286. The number of hydrogen-bond acceptors (Lipinski definition) is 5. The van der Waals surface area contributed by atoms with Gasteiger partial charge in [0.1, 0.15) is 6.61 Å². The van der Waals surface area contributed by atoms with Gasteiger partial charge in [-0.05, 0) is 36.2 Å². The largest absolute Gasteiger partial charge is 0.486 e. The van der Waals surface area contributed by atoms with Crippen molar-refractivity contribution in [1.29, 1.82) is 0 Å². The summed E-state index contributed by atoms with van der Waals surface area (Å²) in [6.45, 7) is 2.94. The summed E-state index contributed by atoms with van der Waals surface area (Å²) in [5.74, 6) is 1.42. The molecule has 0 radical (unpaired) electrons. The minimum Gasteiger partial charge on any atom is -0.486 e. The molecule has 1 N–H and O–H groups in total. The first kappa shape index (κ1) is 19.3. The molecular formula is C21H23N3O4S. The molecule has 2 aromatic carbocycles. The van der Waals surface area contributed by atoms with Gasteiger partial charge in [0.25, 0.3) is 10.0 Å². The highest BCUT2D eigenvalue weighted by atomic mass is 32.2. The molecule has 8 heteroatoms. The Kier molecular flexibility index (Phi) is 5.44. The molecule has 1 atom stereocenters. The van der Waals surface area contributed by atoms with E-state index in [2.05, 4.69) is 16.7 Å². The normalized spacial score (nSPS) is 15.8. The van der Waals surface area contributed by atoms with E-state index in [4.69, 9.17) is 9.47 Å². The van der Waals surface area contributed by atoms with Gasteiger partial charge in [0.15, 0.2) is 17.6 Å². The maximum atomic E-state index is 12.6. The van der Waals surface area contributed by atoms with Crippen molar-refractivity contribution in [3.05, 3.63) is 66.5 Å². The molecule has 152 valence electrons. The monoisotopic (exact) mass is 413 g/mol. The van der Waals surface area contributed by atoms with Gasteiger partial charge in [0.2, 0.25) is 0 Å². The molecule has 4 rings (SSSR count). The summed E-state index contributed by atoms with van der Waals surface area (Å²) in [6.07, 6.45) is 4.87. The fourth-order valence-electron chi connectivity index (χ4n) is 3.22. The molecule has 0 saturated carbocycles. The van der Waals surface area contributed by atoms with Crippen LogP contribution < -0.4 is 14.2 Å². The summed E-state index contributed by atoms with van der Waals surface area (Å²) in [6, 6.07) is 14.5. The maximum absolute atomic E-state index is 12.6. The van der Waals surface area contributed by atoms with Crippen LogP contribution in [0.15, 0.2) is 65.8 Å². The van der Waals surface area contributed by atoms with Crippen molar-refractivity contribution in [2.24, 2.45) is 0 Å². The lowest BCUT2D eigenvalue weighted by molar-refractivity contribution is 0.0759. The first-order valence-electron chi connectivity index (χ1n) is 9.56. The Balaban J connectivity index is 1.40. The minimum absolute atomic E-state index is 0.208. The van der Waals surface area contributed by atoms with E-state index in [0.717, 1.165) is 24.2 Å². The number of anilines is 1. The molecule has 29 heavy (non-hydrogen) atoms. The van der Waals surface area contributed by atoms with Crippen LogP contribution >= 0.6 is 0 Å². The smallest absolute Gasteiger partial charge is 0.261 e. The van der Waals surface area contributed by atoms with Crippen molar-refractivity contribution >= 4 is 15.7 Å². The van der Waals surface area contributed by atoms with E-state index in [-0.39, 0.29) is 11.0 Å². The van der Waals surface area contributed by atoms with Crippen LogP contribution in [0.5, 0.6) is 11.5 Å². The van der Waals surface area contributed by atoms with Crippen molar-refractivity contribution in [2.75, 3.05) is 11.3 Å². The molecule has 7 nitrogen and oxygen atoms in total. The van der Waals surface area contributed by atoms with Crippen LogP contribution in [0, 0.1) is 0 Å². The molecule has 0 fully saturated rings. The Morgan fingerprint density at radius 3 is 2.66 bits per heavy atom. The SMILES string of the molecule is CCCc1ccc(S(=O)(=O)Nc2cnn(CC3COc4ccccc4O3)c2)cc1. The van der Waals surface area contributed by atoms with Gasteiger partial charge in [-0.25, -0.2) is 8.42 Å². The maximum Gasteiger partial charge on any atom is 0.261 e. The standard InChI is InChI=1S/C21H23N3O4S/c1-2-5-16-8-10-19(11-9-16)29(25,26)23-17-12-22-24(13-17)14-18-15-27-20-6-3-4-7-21(20)28-18/h3-4,6-13,18,23H,2,5,14-15H2,1H3. The Morgan fingerprint density at radius 2 is 1.90 bits per heavy atom. The number of nitrogens with one attached hydrogen (secondary N) is 1. The van der Waals surface area contributed by atoms with Crippen molar-refractivity contribution < 1.29 is 17.9 Å². The predicted octanol–water partition coefficient (Wildman–Crippen LogP) is 3.48. The molecule has 1 aromatic heterocycles. The minimum atomic E-state index is -3.66. The van der Waals surface area contributed by atoms with E-state index < -0.39 is 10.0 Å². The van der Waals surface area contributed by atoms with Gasteiger partial charge < -0.3 is 9.47 Å². The zero-order valence-corrected chi connectivity index (χ0v) is 16.9. The molecule has 0 saturated heterocycles. The molecule has 0 bridgehead atoms. The zero-order chi connectivity index (χ0) is 20.3. The first-order valence-corrected chi connectivity index (χ1v) is 11.0. The van der Waals surface area contributed by atoms with E-state index in [1.165, 1.54) is 6.20 Å². The Bertz CT molecular complexity index is 1080. The lowest BCUT2D eigenvalue weighted by Gasteiger charge is -2.26. The lowest BCUT2D eigenvalue weighted by Crippen LogP contribution is -2.33. The number of sulfonamides is 1. The van der Waals surface area contributed by atoms with Crippen molar-refractivity contribution in [3.8, 4) is 11.5 Å². The molecular weight excluding hydrogens is 390 g/mol. The summed E-state index contributed by atoms with van der Waals surface area (Å²) in [5.41, 5.74) is 1.52. The average Bonchev–Trinajstić information content (AvgIpc) is 3.14. The van der Waals surface area contributed by atoms with Crippen LogP contribution in [-0.4, -0.2) is 30.9 Å². The van der Waals surface area contributed by atoms with Crippen LogP contribution in [0.4, 0.5) is 5.69 Å². The number of hydrogen-bond donors (Lipinski definition) is 1. The van der Waals surface area contributed by atoms with E-state index >= 15 is 0 Å². The van der Waals surface area contributed by atoms with E-state index in [1.807, 2.05) is 36.4 Å². The first-order chi connectivity index (χ1) is 14.0. The van der Waals surface area contributed by atoms with Crippen LogP contribution in [0.1, 0.15) is 18.9 Å². The third-order valence-corrected chi connectivity index (χ3v) is 6.01. The van der Waals surface area contributed by atoms with Crippen LogP contribution in [0.3, 0.4) is 0 Å². The summed E-state index contributed by atoms with van der Waals surface area (Å²) in [7, 11) is -3.66. The molecule has 1 aliphatic heterocycles. The number of rotatable bonds is 7. The number of para-hydroxylation sites is 2. The lowest BCUT2D eigenvalue weighted by atomic mass is 10.1. The van der Waals surface area contributed by atoms with Crippen LogP contribution in [0.25, 0.3) is 0 Å². The molecule has 0 spiro atoms. The van der Waals surface area contributed by atoms with Gasteiger partial charge in [0, 0.05) is 6.20 Å². The van der Waals surface area contributed by atoms with Crippen molar-refractivity contribution in [3.63, 3.8) is 0 Å². The third-order valence-electron chi connectivity index (χ3n) is 4.62.